The maximum atomic E-state index is 5.49. The van der Waals surface area contributed by atoms with Gasteiger partial charge in [0.2, 0.25) is 0 Å². The summed E-state index contributed by atoms with van der Waals surface area (Å²) in [7, 11) is 0. The zero-order valence-electron chi connectivity index (χ0n) is 9.98. The molecule has 0 aliphatic heterocycles. The molecule has 0 rings (SSSR count). The van der Waals surface area contributed by atoms with Crippen LogP contribution < -0.4 is 0 Å². The second-order valence-electron chi connectivity index (χ2n) is 4.20. The molecule has 0 spiro atoms. The van der Waals surface area contributed by atoms with Crippen molar-refractivity contribution < 1.29 is 9.47 Å². The van der Waals surface area contributed by atoms with E-state index < -0.39 is 0 Å². The van der Waals surface area contributed by atoms with Crippen LogP contribution in [0.15, 0.2) is 0 Å². The number of ether oxygens (including phenoxy) is 2. The molecule has 0 aromatic rings. The van der Waals surface area contributed by atoms with Crippen LogP contribution in [0.5, 0.6) is 0 Å². The Bertz CT molecular complexity index is 141. The standard InChI is InChI=1S/C11H24O2S2/c1-9(6-13-8-11(3)15)4-5-12-7-10(2)14/h9-11,14-15H,4-8H2,1-3H3. The molecule has 2 nitrogen and oxygen atoms in total. The first-order valence-electron chi connectivity index (χ1n) is 5.54. The minimum atomic E-state index is 0.318. The quantitative estimate of drug-likeness (QED) is 0.485. The Morgan fingerprint density at radius 1 is 0.867 bits per heavy atom. The van der Waals surface area contributed by atoms with E-state index >= 15 is 0 Å². The largest absolute Gasteiger partial charge is 0.380 e. The highest BCUT2D eigenvalue weighted by atomic mass is 32.1. The van der Waals surface area contributed by atoms with Gasteiger partial charge in [-0.3, -0.25) is 0 Å². The first-order valence-corrected chi connectivity index (χ1v) is 6.57. The van der Waals surface area contributed by atoms with Crippen LogP contribution in [0.4, 0.5) is 0 Å². The summed E-state index contributed by atoms with van der Waals surface area (Å²) < 4.78 is 10.9. The molecule has 0 fully saturated rings. The van der Waals surface area contributed by atoms with Gasteiger partial charge in [0.1, 0.15) is 0 Å². The van der Waals surface area contributed by atoms with Gasteiger partial charge < -0.3 is 9.47 Å². The van der Waals surface area contributed by atoms with Crippen LogP contribution in [0.3, 0.4) is 0 Å². The molecule has 0 bridgehead atoms. The summed E-state index contributed by atoms with van der Waals surface area (Å²) >= 11 is 8.49. The van der Waals surface area contributed by atoms with Gasteiger partial charge in [-0.25, -0.2) is 0 Å². The second-order valence-corrected chi connectivity index (χ2v) is 5.97. The molecule has 3 unspecified atom stereocenters. The van der Waals surface area contributed by atoms with Gasteiger partial charge in [0.25, 0.3) is 0 Å². The van der Waals surface area contributed by atoms with Crippen molar-refractivity contribution in [3.05, 3.63) is 0 Å². The van der Waals surface area contributed by atoms with E-state index in [2.05, 4.69) is 32.2 Å². The molecule has 92 valence electrons. The SMILES string of the molecule is CC(S)COCCC(C)COCC(C)S. The van der Waals surface area contributed by atoms with Crippen molar-refractivity contribution in [1.82, 2.24) is 0 Å². The molecule has 0 aliphatic carbocycles. The van der Waals surface area contributed by atoms with Crippen LogP contribution in [0, 0.1) is 5.92 Å². The first-order chi connectivity index (χ1) is 7.02. The smallest absolute Gasteiger partial charge is 0.0579 e. The summed E-state index contributed by atoms with van der Waals surface area (Å²) in [4.78, 5) is 0. The van der Waals surface area contributed by atoms with Gasteiger partial charge in [-0.1, -0.05) is 20.8 Å². The van der Waals surface area contributed by atoms with Crippen molar-refractivity contribution in [1.29, 1.82) is 0 Å². The Morgan fingerprint density at radius 2 is 1.40 bits per heavy atom. The average Bonchev–Trinajstić information content (AvgIpc) is 2.11. The van der Waals surface area contributed by atoms with Crippen LogP contribution in [-0.2, 0) is 9.47 Å². The Morgan fingerprint density at radius 3 is 1.93 bits per heavy atom. The lowest BCUT2D eigenvalue weighted by atomic mass is 10.1. The summed E-state index contributed by atoms with van der Waals surface area (Å²) in [5.74, 6) is 0.548. The van der Waals surface area contributed by atoms with E-state index in [4.69, 9.17) is 9.47 Å². The molecule has 0 radical (unpaired) electrons. The molecular weight excluding hydrogens is 228 g/mol. The van der Waals surface area contributed by atoms with E-state index in [1.54, 1.807) is 0 Å². The van der Waals surface area contributed by atoms with Crippen molar-refractivity contribution in [2.75, 3.05) is 26.4 Å². The molecule has 0 aromatic carbocycles. The van der Waals surface area contributed by atoms with Gasteiger partial charge in [0.05, 0.1) is 13.2 Å². The predicted molar refractivity (Wildman–Crippen MR) is 72.3 cm³/mol. The summed E-state index contributed by atoms with van der Waals surface area (Å²) in [5, 5.41) is 0.639. The van der Waals surface area contributed by atoms with E-state index in [0.29, 0.717) is 16.4 Å². The van der Waals surface area contributed by atoms with Crippen molar-refractivity contribution in [2.45, 2.75) is 37.7 Å². The predicted octanol–water partition coefficient (Wildman–Crippen LogP) is 2.68. The summed E-state index contributed by atoms with van der Waals surface area (Å²) in [6.45, 7) is 9.29. The fraction of sp³-hybridized carbons (Fsp3) is 1.00. The van der Waals surface area contributed by atoms with E-state index in [1.807, 2.05) is 13.8 Å². The summed E-state index contributed by atoms with van der Waals surface area (Å²) in [5.41, 5.74) is 0. The van der Waals surface area contributed by atoms with Crippen molar-refractivity contribution in [2.24, 2.45) is 5.92 Å². The molecule has 0 saturated heterocycles. The minimum absolute atomic E-state index is 0.318. The molecule has 0 saturated carbocycles. The first kappa shape index (κ1) is 15.6. The third-order valence-corrected chi connectivity index (χ3v) is 2.17. The fourth-order valence-corrected chi connectivity index (χ4v) is 1.27. The lowest BCUT2D eigenvalue weighted by Gasteiger charge is -2.13. The molecular formula is C11H24O2S2. The number of hydrogen-bond acceptors (Lipinski definition) is 4. The van der Waals surface area contributed by atoms with Gasteiger partial charge in [-0.15, -0.1) is 0 Å². The van der Waals surface area contributed by atoms with Crippen molar-refractivity contribution in [3.63, 3.8) is 0 Å². The zero-order chi connectivity index (χ0) is 11.7. The third-order valence-electron chi connectivity index (χ3n) is 1.88. The van der Waals surface area contributed by atoms with E-state index in [-0.39, 0.29) is 0 Å². The van der Waals surface area contributed by atoms with Crippen molar-refractivity contribution in [3.8, 4) is 0 Å². The van der Waals surface area contributed by atoms with Crippen molar-refractivity contribution >= 4 is 25.3 Å². The van der Waals surface area contributed by atoms with Crippen LogP contribution >= 0.6 is 25.3 Å². The monoisotopic (exact) mass is 252 g/mol. The average molecular weight is 252 g/mol. The minimum Gasteiger partial charge on any atom is -0.380 e. The molecule has 0 N–H and O–H groups in total. The van der Waals surface area contributed by atoms with E-state index in [0.717, 1.165) is 32.8 Å². The third kappa shape index (κ3) is 12.6. The Balaban J connectivity index is 3.22. The van der Waals surface area contributed by atoms with E-state index in [1.165, 1.54) is 0 Å². The second kappa shape index (κ2) is 9.82. The van der Waals surface area contributed by atoms with Crippen LogP contribution in [0.25, 0.3) is 0 Å². The summed E-state index contributed by atoms with van der Waals surface area (Å²) in [6.07, 6.45) is 1.04. The maximum Gasteiger partial charge on any atom is 0.0579 e. The van der Waals surface area contributed by atoms with Gasteiger partial charge in [0.15, 0.2) is 0 Å². The zero-order valence-corrected chi connectivity index (χ0v) is 11.8. The number of hydrogen-bond donors (Lipinski definition) is 2. The number of thiol groups is 2. The summed E-state index contributed by atoms with van der Waals surface area (Å²) in [6, 6.07) is 0. The number of rotatable bonds is 9. The highest BCUT2D eigenvalue weighted by molar-refractivity contribution is 7.81. The fourth-order valence-electron chi connectivity index (χ4n) is 1.06. The van der Waals surface area contributed by atoms with Gasteiger partial charge in [-0.05, 0) is 12.3 Å². The Hall–Kier alpha value is 0.620. The van der Waals surface area contributed by atoms with Gasteiger partial charge in [0, 0.05) is 23.7 Å². The topological polar surface area (TPSA) is 18.5 Å². The normalized spacial score (nSPS) is 17.4. The molecule has 15 heavy (non-hydrogen) atoms. The molecule has 0 heterocycles. The van der Waals surface area contributed by atoms with E-state index in [9.17, 15) is 0 Å². The van der Waals surface area contributed by atoms with Crippen LogP contribution in [-0.4, -0.2) is 36.9 Å². The molecule has 3 atom stereocenters. The highest BCUT2D eigenvalue weighted by Gasteiger charge is 2.04. The van der Waals surface area contributed by atoms with Gasteiger partial charge in [-0.2, -0.15) is 25.3 Å². The lowest BCUT2D eigenvalue weighted by Crippen LogP contribution is -2.14. The molecule has 0 amide bonds. The van der Waals surface area contributed by atoms with Crippen LogP contribution in [0.1, 0.15) is 27.2 Å². The highest BCUT2D eigenvalue weighted by Crippen LogP contribution is 2.05. The molecule has 0 aromatic heterocycles. The maximum absolute atomic E-state index is 5.49. The van der Waals surface area contributed by atoms with Crippen LogP contribution in [0.2, 0.25) is 0 Å². The van der Waals surface area contributed by atoms with Gasteiger partial charge >= 0.3 is 0 Å². The Kier molecular flexibility index (Phi) is 10.2. The Labute approximate surface area is 105 Å². The molecule has 4 heteroatoms. The lowest BCUT2D eigenvalue weighted by molar-refractivity contribution is 0.0786. The molecule has 0 aliphatic rings.